The Kier molecular flexibility index (Phi) is 3.79. The molecular weight excluding hydrogens is 184 g/mol. The van der Waals surface area contributed by atoms with Gasteiger partial charge in [-0.2, -0.15) is 0 Å². The van der Waals surface area contributed by atoms with Crippen molar-refractivity contribution in [2.24, 2.45) is 5.14 Å². The molecule has 0 saturated heterocycles. The van der Waals surface area contributed by atoms with Gasteiger partial charge in [0.05, 0.1) is 5.75 Å². The molecule has 1 heterocycles. The highest BCUT2D eigenvalue weighted by atomic mass is 32.2. The van der Waals surface area contributed by atoms with E-state index < -0.39 is 0 Å². The fraction of sp³-hybridized carbons (Fsp3) is 0.222. The first-order valence-electron chi connectivity index (χ1n) is 3.88. The van der Waals surface area contributed by atoms with E-state index in [1.807, 2.05) is 19.1 Å². The quantitative estimate of drug-likeness (QED) is 0.751. The van der Waals surface area contributed by atoms with Crippen LogP contribution >= 0.6 is 11.9 Å². The first kappa shape index (κ1) is 10.1. The van der Waals surface area contributed by atoms with E-state index >= 15 is 0 Å². The molecule has 0 unspecified atom stereocenters. The number of hydrogen-bond donors (Lipinski definition) is 1. The SMILES string of the molecule is C=Cc1onc(CSN)c1/C=C\C. The lowest BCUT2D eigenvalue weighted by Gasteiger charge is -1.92. The van der Waals surface area contributed by atoms with Crippen LogP contribution in [0.3, 0.4) is 0 Å². The molecule has 1 aromatic heterocycles. The standard InChI is InChI=1S/C9H12N2OS/c1-3-5-7-8(6-13-10)11-12-9(7)4-2/h3-5H,2,6,10H2,1H3/b5-3-. The molecule has 0 spiro atoms. The van der Waals surface area contributed by atoms with Crippen LogP contribution in [-0.2, 0) is 5.75 Å². The van der Waals surface area contributed by atoms with Crippen LogP contribution in [0, 0.1) is 0 Å². The average Bonchev–Trinajstić information content (AvgIpc) is 2.50. The minimum absolute atomic E-state index is 0.650. The van der Waals surface area contributed by atoms with E-state index in [0.29, 0.717) is 11.5 Å². The van der Waals surface area contributed by atoms with Crippen LogP contribution in [0.25, 0.3) is 12.2 Å². The normalized spacial score (nSPS) is 10.9. The van der Waals surface area contributed by atoms with E-state index in [9.17, 15) is 0 Å². The van der Waals surface area contributed by atoms with Crippen molar-refractivity contribution >= 4 is 24.1 Å². The second-order valence-electron chi connectivity index (χ2n) is 2.42. The Morgan fingerprint density at radius 3 is 3.00 bits per heavy atom. The van der Waals surface area contributed by atoms with Gasteiger partial charge in [0.15, 0.2) is 5.76 Å². The van der Waals surface area contributed by atoms with Gasteiger partial charge in [-0.05, 0) is 13.0 Å². The highest BCUT2D eigenvalue weighted by molar-refractivity contribution is 7.96. The van der Waals surface area contributed by atoms with Crippen molar-refractivity contribution in [3.8, 4) is 0 Å². The Morgan fingerprint density at radius 2 is 2.46 bits per heavy atom. The van der Waals surface area contributed by atoms with Crippen LogP contribution < -0.4 is 5.14 Å². The van der Waals surface area contributed by atoms with Crippen LogP contribution in [0.4, 0.5) is 0 Å². The molecule has 0 aliphatic carbocycles. The van der Waals surface area contributed by atoms with Gasteiger partial charge in [0.2, 0.25) is 0 Å². The number of nitrogens with two attached hydrogens (primary N) is 1. The number of aromatic nitrogens is 1. The minimum atomic E-state index is 0.650. The van der Waals surface area contributed by atoms with Gasteiger partial charge < -0.3 is 4.52 Å². The Balaban J connectivity index is 3.05. The first-order valence-corrected chi connectivity index (χ1v) is 4.93. The molecule has 0 aliphatic heterocycles. The van der Waals surface area contributed by atoms with Gasteiger partial charge in [0.1, 0.15) is 5.69 Å². The smallest absolute Gasteiger partial charge is 0.166 e. The van der Waals surface area contributed by atoms with E-state index in [1.54, 1.807) is 6.08 Å². The summed E-state index contributed by atoms with van der Waals surface area (Å²) in [4.78, 5) is 0. The van der Waals surface area contributed by atoms with Crippen LogP contribution in [0.5, 0.6) is 0 Å². The summed E-state index contributed by atoms with van der Waals surface area (Å²) in [5, 5.41) is 9.26. The molecule has 1 aromatic rings. The van der Waals surface area contributed by atoms with Gasteiger partial charge in [-0.3, -0.25) is 5.14 Å². The van der Waals surface area contributed by atoms with Crippen LogP contribution in [0.15, 0.2) is 17.2 Å². The lowest BCUT2D eigenvalue weighted by atomic mass is 10.2. The first-order chi connectivity index (χ1) is 6.33. The summed E-state index contributed by atoms with van der Waals surface area (Å²) < 4.78 is 5.06. The highest BCUT2D eigenvalue weighted by Gasteiger charge is 2.09. The van der Waals surface area contributed by atoms with E-state index in [2.05, 4.69) is 11.7 Å². The zero-order chi connectivity index (χ0) is 9.68. The third kappa shape index (κ3) is 2.23. The maximum Gasteiger partial charge on any atom is 0.166 e. The fourth-order valence-electron chi connectivity index (χ4n) is 1.02. The number of allylic oxidation sites excluding steroid dienone is 1. The Morgan fingerprint density at radius 1 is 1.69 bits per heavy atom. The largest absolute Gasteiger partial charge is 0.356 e. The van der Waals surface area contributed by atoms with Crippen molar-refractivity contribution in [3.63, 3.8) is 0 Å². The van der Waals surface area contributed by atoms with Crippen LogP contribution in [0.1, 0.15) is 23.9 Å². The lowest BCUT2D eigenvalue weighted by molar-refractivity contribution is 0.407. The summed E-state index contributed by atoms with van der Waals surface area (Å²) in [6.45, 7) is 5.59. The van der Waals surface area contributed by atoms with Gasteiger partial charge in [-0.15, -0.1) is 0 Å². The maximum atomic E-state index is 5.36. The minimum Gasteiger partial charge on any atom is -0.356 e. The Labute approximate surface area is 81.8 Å². The lowest BCUT2D eigenvalue weighted by Crippen LogP contribution is -1.88. The molecule has 70 valence electrons. The van der Waals surface area contributed by atoms with Crippen LogP contribution in [0.2, 0.25) is 0 Å². The molecule has 0 fully saturated rings. The van der Waals surface area contributed by atoms with Crippen molar-refractivity contribution in [1.82, 2.24) is 5.16 Å². The molecule has 0 aromatic carbocycles. The molecule has 3 nitrogen and oxygen atoms in total. The van der Waals surface area contributed by atoms with E-state index in [0.717, 1.165) is 11.3 Å². The molecule has 0 aliphatic rings. The topological polar surface area (TPSA) is 52.0 Å². The maximum absolute atomic E-state index is 5.36. The summed E-state index contributed by atoms with van der Waals surface area (Å²) >= 11 is 1.23. The van der Waals surface area contributed by atoms with E-state index in [-0.39, 0.29) is 0 Å². The predicted octanol–water partition coefficient (Wildman–Crippen LogP) is 2.46. The molecule has 0 saturated carbocycles. The summed E-state index contributed by atoms with van der Waals surface area (Å²) in [5.74, 6) is 1.35. The Hall–Kier alpha value is -1.00. The second-order valence-corrected chi connectivity index (χ2v) is 3.04. The Bertz CT molecular complexity index is 317. The van der Waals surface area contributed by atoms with Crippen molar-refractivity contribution in [3.05, 3.63) is 29.7 Å². The molecular formula is C9H12N2OS. The van der Waals surface area contributed by atoms with Crippen molar-refractivity contribution in [2.75, 3.05) is 0 Å². The van der Waals surface area contributed by atoms with Gasteiger partial charge >= 0.3 is 0 Å². The zero-order valence-electron chi connectivity index (χ0n) is 7.49. The number of rotatable bonds is 4. The molecule has 0 atom stereocenters. The molecule has 0 amide bonds. The monoisotopic (exact) mass is 196 g/mol. The summed E-state index contributed by atoms with van der Waals surface area (Å²) in [6.07, 6.45) is 5.52. The zero-order valence-corrected chi connectivity index (χ0v) is 8.30. The summed E-state index contributed by atoms with van der Waals surface area (Å²) in [5.41, 5.74) is 1.83. The van der Waals surface area contributed by atoms with Gasteiger partial charge in [-0.25, -0.2) is 0 Å². The third-order valence-corrected chi connectivity index (χ3v) is 2.01. The fourth-order valence-corrected chi connectivity index (χ4v) is 1.39. The van der Waals surface area contributed by atoms with Crippen molar-refractivity contribution in [1.29, 1.82) is 0 Å². The molecule has 1 rings (SSSR count). The number of nitrogens with zero attached hydrogens (tertiary/aromatic N) is 1. The molecule has 0 bridgehead atoms. The molecule has 2 N–H and O–H groups in total. The number of hydrogen-bond acceptors (Lipinski definition) is 4. The van der Waals surface area contributed by atoms with Crippen molar-refractivity contribution < 1.29 is 4.52 Å². The van der Waals surface area contributed by atoms with Gasteiger partial charge in [0.25, 0.3) is 0 Å². The highest BCUT2D eigenvalue weighted by Crippen LogP contribution is 2.19. The van der Waals surface area contributed by atoms with E-state index in [4.69, 9.17) is 9.66 Å². The average molecular weight is 196 g/mol. The van der Waals surface area contributed by atoms with Gasteiger partial charge in [0, 0.05) is 5.56 Å². The molecule has 13 heavy (non-hydrogen) atoms. The summed E-state index contributed by atoms with van der Waals surface area (Å²) in [7, 11) is 0. The van der Waals surface area contributed by atoms with Crippen LogP contribution in [-0.4, -0.2) is 5.16 Å². The summed E-state index contributed by atoms with van der Waals surface area (Å²) in [6, 6.07) is 0. The van der Waals surface area contributed by atoms with Gasteiger partial charge in [-0.1, -0.05) is 35.8 Å². The van der Waals surface area contributed by atoms with Crippen molar-refractivity contribution in [2.45, 2.75) is 12.7 Å². The predicted molar refractivity (Wildman–Crippen MR) is 56.8 cm³/mol. The third-order valence-electron chi connectivity index (χ3n) is 1.57. The second kappa shape index (κ2) is 4.89. The molecule has 4 heteroatoms. The molecule has 0 radical (unpaired) electrons. The van der Waals surface area contributed by atoms with E-state index in [1.165, 1.54) is 11.9 Å².